The molecule has 0 bridgehead atoms. The predicted molar refractivity (Wildman–Crippen MR) is 38.6 cm³/mol. The van der Waals surface area contributed by atoms with E-state index in [9.17, 15) is 0 Å². The van der Waals surface area contributed by atoms with Crippen LogP contribution < -0.4 is 4.50 Å². The molecule has 2 heteroatoms. The Morgan fingerprint density at radius 2 is 2.43 bits per heavy atom. The molecule has 0 saturated carbocycles. The summed E-state index contributed by atoms with van der Waals surface area (Å²) in [5.74, 6) is 0. The molecule has 1 aromatic heterocycles. The second-order valence-electron chi connectivity index (χ2n) is 1.66. The lowest BCUT2D eigenvalue weighted by molar-refractivity contribution is 1.59. The van der Waals surface area contributed by atoms with Gasteiger partial charge in [0.15, 0.2) is 0 Å². The minimum absolute atomic E-state index is 1.22. The fourth-order valence-corrected chi connectivity index (χ4v) is 1.75. The molecule has 0 aliphatic rings. The quantitative estimate of drug-likeness (QED) is 0.433. The molecule has 7 heavy (non-hydrogen) atoms. The maximum absolute atomic E-state index is 2.17. The summed E-state index contributed by atoms with van der Waals surface area (Å²) in [6.45, 7) is 2.17. The van der Waals surface area contributed by atoms with E-state index in [1.54, 1.807) is 4.50 Å². The largest absolute Gasteiger partial charge is 0.154 e. The Kier molecular flexibility index (Phi) is 1.30. The van der Waals surface area contributed by atoms with Gasteiger partial charge in [-0.25, -0.2) is 0 Å². The van der Waals surface area contributed by atoms with Gasteiger partial charge in [0.1, 0.15) is 0 Å². The highest BCUT2D eigenvalue weighted by atomic mass is 32.1. The van der Waals surface area contributed by atoms with Crippen molar-refractivity contribution in [3.8, 4) is 0 Å². The standard InChI is InChI=1S/C5H8SSi/c1-4-2-3-6-5(4)7/h2-3H,1,7H3. The van der Waals surface area contributed by atoms with Gasteiger partial charge in [-0.15, -0.1) is 0 Å². The molecule has 1 aromatic rings. The van der Waals surface area contributed by atoms with Crippen molar-refractivity contribution in [2.45, 2.75) is 6.92 Å². The monoisotopic (exact) mass is 128 g/mol. The molecular weight excluding hydrogens is 120 g/mol. The van der Waals surface area contributed by atoms with Gasteiger partial charge >= 0.3 is 0 Å². The molecule has 0 spiro atoms. The minimum atomic E-state index is 1.22. The summed E-state index contributed by atoms with van der Waals surface area (Å²) in [5, 5.41) is 2.15. The minimum Gasteiger partial charge on any atom is -0.154 e. The van der Waals surface area contributed by atoms with Gasteiger partial charge in [0.25, 0.3) is 0 Å². The molecule has 0 nitrogen and oxygen atoms in total. The molecule has 0 atom stereocenters. The van der Waals surface area contributed by atoms with Gasteiger partial charge in [0, 0.05) is 0 Å². The van der Waals surface area contributed by atoms with Crippen molar-refractivity contribution in [3.63, 3.8) is 0 Å². The molecule has 0 amide bonds. The molecule has 38 valence electrons. The molecule has 0 unspecified atom stereocenters. The Morgan fingerprint density at radius 3 is 2.57 bits per heavy atom. The van der Waals surface area contributed by atoms with Crippen LogP contribution in [0.4, 0.5) is 0 Å². The summed E-state index contributed by atoms with van der Waals surface area (Å²) >= 11 is 1.87. The first kappa shape index (κ1) is 5.06. The Hall–Kier alpha value is -0.0831. The zero-order valence-corrected chi connectivity index (χ0v) is 7.38. The van der Waals surface area contributed by atoms with Crippen LogP contribution in [0.1, 0.15) is 5.56 Å². The summed E-state index contributed by atoms with van der Waals surface area (Å²) in [6.07, 6.45) is 0. The Labute approximate surface area is 50.6 Å². The molecule has 0 radical (unpaired) electrons. The van der Waals surface area contributed by atoms with Crippen LogP contribution in [-0.4, -0.2) is 10.2 Å². The lowest BCUT2D eigenvalue weighted by Crippen LogP contribution is -1.96. The number of hydrogen-bond donors (Lipinski definition) is 0. The number of hydrogen-bond acceptors (Lipinski definition) is 1. The van der Waals surface area contributed by atoms with Crippen LogP contribution in [0.5, 0.6) is 0 Å². The molecule has 0 fully saturated rings. The van der Waals surface area contributed by atoms with Crippen LogP contribution >= 0.6 is 11.3 Å². The molecule has 1 rings (SSSR count). The van der Waals surface area contributed by atoms with Gasteiger partial charge in [0.05, 0.1) is 10.2 Å². The summed E-state index contributed by atoms with van der Waals surface area (Å²) in [7, 11) is 1.22. The second-order valence-corrected chi connectivity index (χ2v) is 4.50. The lowest BCUT2D eigenvalue weighted by Gasteiger charge is -1.80. The highest BCUT2D eigenvalue weighted by Gasteiger charge is 1.86. The van der Waals surface area contributed by atoms with E-state index in [1.807, 2.05) is 11.3 Å². The van der Waals surface area contributed by atoms with Crippen LogP contribution in [0.3, 0.4) is 0 Å². The van der Waals surface area contributed by atoms with Crippen molar-refractivity contribution in [1.29, 1.82) is 0 Å². The first-order valence-corrected chi connectivity index (χ1v) is 4.19. The third-order valence-corrected chi connectivity index (χ3v) is 3.56. The summed E-state index contributed by atoms with van der Waals surface area (Å²) in [6, 6.07) is 2.17. The van der Waals surface area contributed by atoms with Crippen LogP contribution in [0.25, 0.3) is 0 Å². The summed E-state index contributed by atoms with van der Waals surface area (Å²) in [4.78, 5) is 0. The average Bonchev–Trinajstić information content (AvgIpc) is 1.91. The Balaban J connectivity index is 3.12. The van der Waals surface area contributed by atoms with Crippen molar-refractivity contribution >= 4 is 26.1 Å². The topological polar surface area (TPSA) is 0 Å². The van der Waals surface area contributed by atoms with E-state index in [0.29, 0.717) is 0 Å². The van der Waals surface area contributed by atoms with Crippen LogP contribution in [0, 0.1) is 6.92 Å². The SMILES string of the molecule is Cc1ccsc1[SiH3]. The lowest BCUT2D eigenvalue weighted by atomic mass is 10.4. The predicted octanol–water partition coefficient (Wildman–Crippen LogP) is 0.0472. The van der Waals surface area contributed by atoms with Crippen molar-refractivity contribution < 1.29 is 0 Å². The molecule has 0 aromatic carbocycles. The van der Waals surface area contributed by atoms with Crippen LogP contribution in [-0.2, 0) is 0 Å². The van der Waals surface area contributed by atoms with E-state index in [1.165, 1.54) is 15.8 Å². The van der Waals surface area contributed by atoms with Gasteiger partial charge in [-0.3, -0.25) is 0 Å². The van der Waals surface area contributed by atoms with Gasteiger partial charge in [0.2, 0.25) is 0 Å². The summed E-state index contributed by atoms with van der Waals surface area (Å²) in [5.41, 5.74) is 1.47. The first-order valence-electron chi connectivity index (χ1n) is 2.31. The van der Waals surface area contributed by atoms with Crippen molar-refractivity contribution in [2.24, 2.45) is 0 Å². The van der Waals surface area contributed by atoms with Crippen molar-refractivity contribution in [2.75, 3.05) is 0 Å². The van der Waals surface area contributed by atoms with E-state index < -0.39 is 0 Å². The molecular formula is C5H8SSi. The highest BCUT2D eigenvalue weighted by molar-refractivity contribution is 7.18. The van der Waals surface area contributed by atoms with E-state index in [2.05, 4.69) is 18.4 Å². The molecule has 0 saturated heterocycles. The average molecular weight is 128 g/mol. The Bertz CT molecular complexity index is 140. The van der Waals surface area contributed by atoms with E-state index >= 15 is 0 Å². The molecule has 1 heterocycles. The number of thiophene rings is 1. The molecule has 0 N–H and O–H groups in total. The second kappa shape index (κ2) is 1.80. The van der Waals surface area contributed by atoms with Crippen molar-refractivity contribution in [1.82, 2.24) is 0 Å². The maximum atomic E-state index is 2.17. The maximum Gasteiger partial charge on any atom is 0.0517 e. The first-order chi connectivity index (χ1) is 3.30. The van der Waals surface area contributed by atoms with E-state index in [0.717, 1.165) is 0 Å². The van der Waals surface area contributed by atoms with Crippen LogP contribution in [0.15, 0.2) is 11.4 Å². The fourth-order valence-electron chi connectivity index (χ4n) is 0.448. The fraction of sp³-hybridized carbons (Fsp3) is 0.200. The normalized spacial score (nSPS) is 9.86. The van der Waals surface area contributed by atoms with Gasteiger partial charge in [-0.05, 0) is 28.4 Å². The third kappa shape index (κ3) is 0.923. The number of rotatable bonds is 0. The van der Waals surface area contributed by atoms with E-state index in [-0.39, 0.29) is 0 Å². The third-order valence-electron chi connectivity index (χ3n) is 1.12. The zero-order valence-electron chi connectivity index (χ0n) is 4.56. The highest BCUT2D eigenvalue weighted by Crippen LogP contribution is 1.97. The number of aryl methyl sites for hydroxylation is 1. The molecule has 0 aliphatic heterocycles. The van der Waals surface area contributed by atoms with Gasteiger partial charge in [-0.1, -0.05) is 0 Å². The van der Waals surface area contributed by atoms with E-state index in [4.69, 9.17) is 0 Å². The van der Waals surface area contributed by atoms with Crippen molar-refractivity contribution in [3.05, 3.63) is 17.0 Å². The smallest absolute Gasteiger partial charge is 0.0517 e. The Morgan fingerprint density at radius 1 is 1.71 bits per heavy atom. The van der Waals surface area contributed by atoms with Gasteiger partial charge < -0.3 is 0 Å². The zero-order chi connectivity index (χ0) is 5.28. The van der Waals surface area contributed by atoms with Crippen LogP contribution in [0.2, 0.25) is 0 Å². The summed E-state index contributed by atoms with van der Waals surface area (Å²) < 4.78 is 1.57. The van der Waals surface area contributed by atoms with Gasteiger partial charge in [-0.2, -0.15) is 11.3 Å². The molecule has 0 aliphatic carbocycles.